The molecule has 0 heterocycles. The van der Waals surface area contributed by atoms with E-state index in [0.29, 0.717) is 29.7 Å². The fourth-order valence-electron chi connectivity index (χ4n) is 7.73. The van der Waals surface area contributed by atoms with Crippen molar-refractivity contribution in [3.05, 3.63) is 0 Å². The largest absolute Gasteiger partial charge is 0.393 e. The molecule has 4 saturated carbocycles. The second kappa shape index (κ2) is 6.91. The highest BCUT2D eigenvalue weighted by Gasteiger charge is 2.54. The van der Waals surface area contributed by atoms with E-state index < -0.39 is 0 Å². The molecule has 0 bridgehead atoms. The Bertz CT molecular complexity index is 438. The first kappa shape index (κ1) is 17.3. The van der Waals surface area contributed by atoms with Gasteiger partial charge >= 0.3 is 0 Å². The summed E-state index contributed by atoms with van der Waals surface area (Å²) >= 11 is 0. The molecule has 0 aliphatic heterocycles. The van der Waals surface area contributed by atoms with Crippen molar-refractivity contribution in [1.29, 1.82) is 0 Å². The van der Waals surface area contributed by atoms with Crippen LogP contribution in [0.2, 0.25) is 0 Å². The van der Waals surface area contributed by atoms with Crippen LogP contribution in [-0.2, 0) is 0 Å². The van der Waals surface area contributed by atoms with Crippen LogP contribution < -0.4 is 5.73 Å². The van der Waals surface area contributed by atoms with Crippen molar-refractivity contribution in [2.24, 2.45) is 53.1 Å². The van der Waals surface area contributed by atoms with Crippen LogP contribution >= 0.6 is 0 Å². The number of hydrogen-bond donors (Lipinski definition) is 2. The van der Waals surface area contributed by atoms with Crippen molar-refractivity contribution in [2.75, 3.05) is 0 Å². The van der Waals surface area contributed by atoms with Gasteiger partial charge in [-0.2, -0.15) is 0 Å². The highest BCUT2D eigenvalue weighted by Crippen LogP contribution is 2.56. The molecule has 4 aliphatic rings. The number of aliphatic hydroxyl groups excluding tert-OH is 1. The van der Waals surface area contributed by atoms with E-state index in [2.05, 4.69) is 13.8 Å². The summed E-state index contributed by atoms with van der Waals surface area (Å²) in [5.41, 5.74) is 6.77. The van der Waals surface area contributed by atoms with Crippen molar-refractivity contribution in [1.82, 2.24) is 0 Å². The molecule has 4 aliphatic carbocycles. The molecule has 2 nitrogen and oxygen atoms in total. The molecule has 3 N–H and O–H groups in total. The van der Waals surface area contributed by atoms with Gasteiger partial charge in [-0.25, -0.2) is 0 Å². The van der Waals surface area contributed by atoms with Crippen LogP contribution in [0.3, 0.4) is 0 Å². The van der Waals surface area contributed by atoms with E-state index in [1.54, 1.807) is 0 Å². The highest BCUT2D eigenvalue weighted by atomic mass is 16.3. The monoisotopic (exact) mass is 333 g/mol. The molecular weight excluding hydrogens is 294 g/mol. The minimum absolute atomic E-state index is 0.115. The number of aliphatic hydroxyl groups is 1. The third-order valence-electron chi connectivity index (χ3n) is 9.08. The van der Waals surface area contributed by atoms with Gasteiger partial charge in [0.1, 0.15) is 0 Å². The van der Waals surface area contributed by atoms with E-state index in [0.717, 1.165) is 23.7 Å². The molecular formula is C22H39NO. The molecule has 4 rings (SSSR count). The van der Waals surface area contributed by atoms with Crippen LogP contribution in [-0.4, -0.2) is 17.3 Å². The molecule has 0 amide bonds. The molecule has 24 heavy (non-hydrogen) atoms. The predicted octanol–water partition coefficient (Wildman–Crippen LogP) is 4.60. The molecule has 0 aromatic rings. The minimum Gasteiger partial charge on any atom is -0.393 e. The number of hydrogen-bond acceptors (Lipinski definition) is 2. The van der Waals surface area contributed by atoms with E-state index in [9.17, 15) is 5.11 Å². The maximum Gasteiger partial charge on any atom is 0.0602 e. The summed E-state index contributed by atoms with van der Waals surface area (Å²) < 4.78 is 0. The Morgan fingerprint density at radius 2 is 1.29 bits per heavy atom. The van der Waals surface area contributed by atoms with Gasteiger partial charge in [-0.3, -0.25) is 0 Å². The predicted molar refractivity (Wildman–Crippen MR) is 99.4 cm³/mol. The first-order chi connectivity index (χ1) is 11.6. The Hall–Kier alpha value is -0.0800. The molecule has 10 unspecified atom stereocenters. The Morgan fingerprint density at radius 3 is 2.04 bits per heavy atom. The summed E-state index contributed by atoms with van der Waals surface area (Å²) in [5, 5.41) is 11.4. The van der Waals surface area contributed by atoms with Gasteiger partial charge < -0.3 is 10.8 Å². The number of nitrogens with two attached hydrogens (primary N) is 1. The highest BCUT2D eigenvalue weighted by molar-refractivity contribution is 5.04. The molecule has 2 heteroatoms. The summed E-state index contributed by atoms with van der Waals surface area (Å²) in [5.74, 6) is 5.53. The van der Waals surface area contributed by atoms with Crippen LogP contribution in [0.5, 0.6) is 0 Å². The second-order valence-electron chi connectivity index (χ2n) is 9.93. The fourth-order valence-corrected chi connectivity index (χ4v) is 7.73. The molecule has 0 radical (unpaired) electrons. The van der Waals surface area contributed by atoms with Gasteiger partial charge in [0.05, 0.1) is 6.10 Å². The standard InChI is InChI=1S/C22H39NO/c1-13-14(2)22(24)21(18-10-6-5-8-16(13)18)20-17-9-4-3-7-15(17)11-12-19(20)23/h13-22,24H,3-12,23H2,1-2H3. The average Bonchev–Trinajstić information content (AvgIpc) is 2.62. The van der Waals surface area contributed by atoms with Crippen LogP contribution in [0.15, 0.2) is 0 Å². The maximum absolute atomic E-state index is 11.4. The normalized spacial score (nSPS) is 55.5. The summed E-state index contributed by atoms with van der Waals surface area (Å²) in [6, 6.07) is 0.340. The summed E-state index contributed by atoms with van der Waals surface area (Å²) in [6.07, 6.45) is 13.6. The van der Waals surface area contributed by atoms with Gasteiger partial charge in [-0.15, -0.1) is 0 Å². The Kier molecular flexibility index (Phi) is 4.99. The molecule has 10 atom stereocenters. The summed E-state index contributed by atoms with van der Waals surface area (Å²) in [4.78, 5) is 0. The third kappa shape index (κ3) is 2.76. The third-order valence-corrected chi connectivity index (χ3v) is 9.08. The quantitative estimate of drug-likeness (QED) is 0.736. The van der Waals surface area contributed by atoms with Gasteiger partial charge in [0.2, 0.25) is 0 Å². The van der Waals surface area contributed by atoms with Gasteiger partial charge in [0.25, 0.3) is 0 Å². The number of rotatable bonds is 1. The lowest BCUT2D eigenvalue weighted by Crippen LogP contribution is -2.58. The zero-order valence-corrected chi connectivity index (χ0v) is 15.9. The number of fused-ring (bicyclic) bond motifs is 2. The Balaban J connectivity index is 1.65. The topological polar surface area (TPSA) is 46.2 Å². The van der Waals surface area contributed by atoms with E-state index in [1.807, 2.05) is 0 Å². The van der Waals surface area contributed by atoms with Crippen LogP contribution in [0, 0.1) is 47.3 Å². The molecule has 0 spiro atoms. The lowest BCUT2D eigenvalue weighted by molar-refractivity contribution is -0.131. The minimum atomic E-state index is -0.115. The summed E-state index contributed by atoms with van der Waals surface area (Å²) in [7, 11) is 0. The SMILES string of the molecule is CC1C(C)C2CCCCC2C(C2C(N)CCC3CCCCC32)C1O. The second-order valence-corrected chi connectivity index (χ2v) is 9.93. The summed E-state index contributed by atoms with van der Waals surface area (Å²) in [6.45, 7) is 4.73. The molecule has 4 fully saturated rings. The van der Waals surface area contributed by atoms with E-state index >= 15 is 0 Å². The molecule has 138 valence electrons. The van der Waals surface area contributed by atoms with Crippen molar-refractivity contribution in [3.8, 4) is 0 Å². The van der Waals surface area contributed by atoms with E-state index in [-0.39, 0.29) is 6.10 Å². The first-order valence-electron chi connectivity index (χ1n) is 11.0. The Labute approximate surface area is 149 Å². The van der Waals surface area contributed by atoms with E-state index in [1.165, 1.54) is 64.2 Å². The first-order valence-corrected chi connectivity index (χ1v) is 11.0. The van der Waals surface area contributed by atoms with Gasteiger partial charge in [-0.05, 0) is 79.4 Å². The lowest BCUT2D eigenvalue weighted by atomic mass is 9.49. The van der Waals surface area contributed by atoms with Crippen LogP contribution in [0.25, 0.3) is 0 Å². The maximum atomic E-state index is 11.4. The molecule has 0 saturated heterocycles. The van der Waals surface area contributed by atoms with Crippen molar-refractivity contribution >= 4 is 0 Å². The van der Waals surface area contributed by atoms with Gasteiger partial charge in [0.15, 0.2) is 0 Å². The average molecular weight is 334 g/mol. The molecule has 0 aromatic carbocycles. The van der Waals surface area contributed by atoms with Crippen LogP contribution in [0.4, 0.5) is 0 Å². The zero-order chi connectivity index (χ0) is 16.8. The molecule has 0 aromatic heterocycles. The van der Waals surface area contributed by atoms with E-state index in [4.69, 9.17) is 5.73 Å². The fraction of sp³-hybridized carbons (Fsp3) is 1.00. The zero-order valence-electron chi connectivity index (χ0n) is 15.9. The Morgan fingerprint density at radius 1 is 0.667 bits per heavy atom. The van der Waals surface area contributed by atoms with Gasteiger partial charge in [0, 0.05) is 6.04 Å². The van der Waals surface area contributed by atoms with Crippen molar-refractivity contribution in [3.63, 3.8) is 0 Å². The lowest BCUT2D eigenvalue weighted by Gasteiger charge is -2.57. The van der Waals surface area contributed by atoms with Crippen molar-refractivity contribution < 1.29 is 5.11 Å². The van der Waals surface area contributed by atoms with Crippen molar-refractivity contribution in [2.45, 2.75) is 90.2 Å². The smallest absolute Gasteiger partial charge is 0.0602 e. The van der Waals surface area contributed by atoms with Gasteiger partial charge in [-0.1, -0.05) is 46.0 Å². The van der Waals surface area contributed by atoms with Crippen LogP contribution in [0.1, 0.15) is 78.1 Å².